The van der Waals surface area contributed by atoms with Crippen LogP contribution >= 0.6 is 0 Å². The number of amides is 1. The highest BCUT2D eigenvalue weighted by atomic mass is 16.7. The molecule has 0 aromatic heterocycles. The Hall–Kier alpha value is -4.26. The average Bonchev–Trinajstić information content (AvgIpc) is 3.39. The van der Waals surface area contributed by atoms with Crippen LogP contribution in [0.15, 0.2) is 97.0 Å². The SMILES string of the molecule is N=C(N)c1ccc(NC(Cc2ccccc2)(C(=O)NCc2ccccc2)C2=COCO2)cc1. The Morgan fingerprint density at radius 3 is 2.15 bits per heavy atom. The Kier molecular flexibility index (Phi) is 6.59. The van der Waals surface area contributed by atoms with Gasteiger partial charge in [0.1, 0.15) is 12.1 Å². The molecule has 4 rings (SSSR count). The van der Waals surface area contributed by atoms with Crippen molar-refractivity contribution in [2.45, 2.75) is 18.5 Å². The second-order valence-electron chi connectivity index (χ2n) is 7.76. The maximum Gasteiger partial charge on any atom is 0.254 e. The van der Waals surface area contributed by atoms with E-state index in [-0.39, 0.29) is 18.5 Å². The van der Waals surface area contributed by atoms with Crippen LogP contribution in [0.25, 0.3) is 0 Å². The molecular formula is C26H26N4O3. The molecule has 1 atom stereocenters. The number of anilines is 1. The molecule has 1 heterocycles. The van der Waals surface area contributed by atoms with Crippen molar-refractivity contribution in [3.63, 3.8) is 0 Å². The number of carbonyl (C=O) groups excluding carboxylic acids is 1. The monoisotopic (exact) mass is 442 g/mol. The zero-order chi connectivity index (χ0) is 23.1. The predicted octanol–water partition coefficient (Wildman–Crippen LogP) is 3.53. The lowest BCUT2D eigenvalue weighted by Gasteiger charge is -2.34. The summed E-state index contributed by atoms with van der Waals surface area (Å²) in [6.07, 6.45) is 1.82. The van der Waals surface area contributed by atoms with Crippen molar-refractivity contribution in [2.75, 3.05) is 12.1 Å². The molecule has 0 saturated heterocycles. The zero-order valence-corrected chi connectivity index (χ0v) is 18.1. The first-order valence-electron chi connectivity index (χ1n) is 10.6. The van der Waals surface area contributed by atoms with Crippen LogP contribution in [-0.2, 0) is 27.2 Å². The molecule has 3 aromatic carbocycles. The van der Waals surface area contributed by atoms with Crippen molar-refractivity contribution in [3.05, 3.63) is 114 Å². The first-order chi connectivity index (χ1) is 16.1. The number of nitrogens with two attached hydrogens (primary N) is 1. The molecular weight excluding hydrogens is 416 g/mol. The minimum Gasteiger partial charge on any atom is -0.461 e. The molecule has 168 valence electrons. The summed E-state index contributed by atoms with van der Waals surface area (Å²) in [4.78, 5) is 13.8. The molecule has 0 radical (unpaired) electrons. The van der Waals surface area contributed by atoms with Crippen LogP contribution in [0.5, 0.6) is 0 Å². The Morgan fingerprint density at radius 1 is 0.939 bits per heavy atom. The number of hydrogen-bond acceptors (Lipinski definition) is 5. The van der Waals surface area contributed by atoms with E-state index in [1.54, 1.807) is 24.3 Å². The number of hydrogen-bond donors (Lipinski definition) is 4. The Labute approximate surface area is 192 Å². The Morgan fingerprint density at radius 2 is 1.58 bits per heavy atom. The summed E-state index contributed by atoms with van der Waals surface area (Å²) in [5, 5.41) is 14.1. The Bertz CT molecular complexity index is 1130. The first kappa shape index (κ1) is 22.0. The fourth-order valence-corrected chi connectivity index (χ4v) is 3.72. The summed E-state index contributed by atoms with van der Waals surface area (Å²) in [5.41, 5.74) is 7.56. The van der Waals surface area contributed by atoms with Gasteiger partial charge in [-0.1, -0.05) is 60.7 Å². The van der Waals surface area contributed by atoms with Crippen molar-refractivity contribution < 1.29 is 14.3 Å². The molecule has 7 heteroatoms. The van der Waals surface area contributed by atoms with Crippen LogP contribution in [0, 0.1) is 5.41 Å². The van der Waals surface area contributed by atoms with Gasteiger partial charge in [-0.3, -0.25) is 10.2 Å². The molecule has 3 aromatic rings. The van der Waals surface area contributed by atoms with E-state index in [9.17, 15) is 4.79 Å². The maximum absolute atomic E-state index is 13.8. The number of benzene rings is 3. The molecule has 5 N–H and O–H groups in total. The van der Waals surface area contributed by atoms with Gasteiger partial charge < -0.3 is 25.8 Å². The zero-order valence-electron chi connectivity index (χ0n) is 18.1. The van der Waals surface area contributed by atoms with Crippen molar-refractivity contribution in [2.24, 2.45) is 5.73 Å². The van der Waals surface area contributed by atoms with E-state index >= 15 is 0 Å². The van der Waals surface area contributed by atoms with E-state index in [1.165, 1.54) is 6.26 Å². The standard InChI is InChI=1S/C26H26N4O3/c27-24(28)21-11-13-22(14-12-21)30-26(23-17-32-18-33-23,15-19-7-3-1-4-8-19)25(31)29-16-20-9-5-2-6-10-20/h1-14,17,30H,15-16,18H2,(H3,27,28)(H,29,31). The van der Waals surface area contributed by atoms with Crippen LogP contribution in [0.3, 0.4) is 0 Å². The summed E-state index contributed by atoms with van der Waals surface area (Å²) in [5.74, 6) is 0.128. The quantitative estimate of drug-likeness (QED) is 0.299. The molecule has 7 nitrogen and oxygen atoms in total. The van der Waals surface area contributed by atoms with Crippen LogP contribution < -0.4 is 16.4 Å². The lowest BCUT2D eigenvalue weighted by molar-refractivity contribution is -0.125. The molecule has 1 aliphatic rings. The summed E-state index contributed by atoms with van der Waals surface area (Å²) in [6, 6.07) is 26.5. The van der Waals surface area contributed by atoms with Crippen molar-refractivity contribution >= 4 is 17.4 Å². The smallest absolute Gasteiger partial charge is 0.254 e. The van der Waals surface area contributed by atoms with Gasteiger partial charge in [0.25, 0.3) is 5.91 Å². The number of amidine groups is 1. The van der Waals surface area contributed by atoms with E-state index in [4.69, 9.17) is 20.6 Å². The third-order valence-corrected chi connectivity index (χ3v) is 5.44. The van der Waals surface area contributed by atoms with Gasteiger partial charge >= 0.3 is 0 Å². The van der Waals surface area contributed by atoms with Gasteiger partial charge in [-0.2, -0.15) is 0 Å². The normalized spacial score (nSPS) is 14.2. The van der Waals surface area contributed by atoms with E-state index < -0.39 is 5.54 Å². The second-order valence-corrected chi connectivity index (χ2v) is 7.76. The highest BCUT2D eigenvalue weighted by Gasteiger charge is 2.46. The van der Waals surface area contributed by atoms with Gasteiger partial charge in [-0.05, 0) is 35.4 Å². The number of nitrogens with one attached hydrogen (secondary N) is 3. The largest absolute Gasteiger partial charge is 0.461 e. The first-order valence-corrected chi connectivity index (χ1v) is 10.6. The van der Waals surface area contributed by atoms with Crippen LogP contribution in [0.1, 0.15) is 16.7 Å². The second kappa shape index (κ2) is 9.91. The fourth-order valence-electron chi connectivity index (χ4n) is 3.72. The summed E-state index contributed by atoms with van der Waals surface area (Å²) in [7, 11) is 0. The third kappa shape index (κ3) is 5.15. The highest BCUT2D eigenvalue weighted by Crippen LogP contribution is 2.31. The van der Waals surface area contributed by atoms with E-state index in [2.05, 4.69) is 10.6 Å². The van der Waals surface area contributed by atoms with Crippen molar-refractivity contribution in [1.29, 1.82) is 5.41 Å². The molecule has 33 heavy (non-hydrogen) atoms. The van der Waals surface area contributed by atoms with Gasteiger partial charge in [0.2, 0.25) is 6.79 Å². The number of rotatable bonds is 9. The van der Waals surface area contributed by atoms with Crippen LogP contribution in [0.2, 0.25) is 0 Å². The molecule has 0 fully saturated rings. The van der Waals surface area contributed by atoms with Gasteiger partial charge in [0.05, 0.1) is 0 Å². The molecule has 1 amide bonds. The summed E-state index contributed by atoms with van der Waals surface area (Å²) in [6.45, 7) is 0.415. The third-order valence-electron chi connectivity index (χ3n) is 5.44. The number of nitrogen functional groups attached to an aromatic ring is 1. The average molecular weight is 443 g/mol. The molecule has 0 saturated carbocycles. The predicted molar refractivity (Wildman–Crippen MR) is 127 cm³/mol. The highest BCUT2D eigenvalue weighted by molar-refractivity contribution is 5.96. The van der Waals surface area contributed by atoms with Crippen LogP contribution in [0.4, 0.5) is 5.69 Å². The van der Waals surface area contributed by atoms with E-state index in [0.717, 1.165) is 11.1 Å². The van der Waals surface area contributed by atoms with Crippen molar-refractivity contribution in [3.8, 4) is 0 Å². The van der Waals surface area contributed by atoms with E-state index in [1.807, 2.05) is 60.7 Å². The fraction of sp³-hybridized carbons (Fsp3) is 0.154. The van der Waals surface area contributed by atoms with Gasteiger partial charge in [0, 0.05) is 24.2 Å². The molecule has 1 unspecified atom stereocenters. The minimum atomic E-state index is -1.26. The maximum atomic E-state index is 13.8. The molecule has 1 aliphatic heterocycles. The molecule has 0 spiro atoms. The molecule has 0 bridgehead atoms. The topological polar surface area (TPSA) is 109 Å². The lowest BCUT2D eigenvalue weighted by atomic mass is 9.87. The van der Waals surface area contributed by atoms with E-state index in [0.29, 0.717) is 30.0 Å². The van der Waals surface area contributed by atoms with Gasteiger partial charge in [-0.15, -0.1) is 0 Å². The lowest BCUT2D eigenvalue weighted by Crippen LogP contribution is -2.55. The molecule has 0 aliphatic carbocycles. The van der Waals surface area contributed by atoms with Crippen molar-refractivity contribution in [1.82, 2.24) is 5.32 Å². The van der Waals surface area contributed by atoms with Crippen LogP contribution in [-0.4, -0.2) is 24.1 Å². The number of ether oxygens (including phenoxy) is 2. The van der Waals surface area contributed by atoms with Gasteiger partial charge in [-0.25, -0.2) is 0 Å². The number of carbonyl (C=O) groups is 1. The Balaban J connectivity index is 1.70. The summed E-state index contributed by atoms with van der Waals surface area (Å²) >= 11 is 0. The summed E-state index contributed by atoms with van der Waals surface area (Å²) < 4.78 is 11.1. The minimum absolute atomic E-state index is 0.0204. The van der Waals surface area contributed by atoms with Gasteiger partial charge in [0.15, 0.2) is 11.3 Å².